The van der Waals surface area contributed by atoms with Crippen molar-refractivity contribution in [2.45, 2.75) is 65.8 Å². The van der Waals surface area contributed by atoms with Gasteiger partial charge < -0.3 is 19.5 Å². The maximum absolute atomic E-state index is 13.0. The van der Waals surface area contributed by atoms with Crippen LogP contribution in [-0.4, -0.2) is 70.7 Å². The van der Waals surface area contributed by atoms with Crippen LogP contribution >= 0.6 is 0 Å². The topological polar surface area (TPSA) is 83.6 Å². The van der Waals surface area contributed by atoms with Crippen molar-refractivity contribution >= 4 is 11.8 Å². The van der Waals surface area contributed by atoms with Crippen molar-refractivity contribution in [2.75, 3.05) is 39.3 Å². The maximum Gasteiger partial charge on any atom is 0.289 e. The molecule has 0 saturated carbocycles. The van der Waals surface area contributed by atoms with E-state index in [1.807, 2.05) is 18.0 Å². The maximum atomic E-state index is 13.0. The molecule has 5 rings (SSSR count). The Labute approximate surface area is 208 Å². The zero-order valence-electron chi connectivity index (χ0n) is 21.4. The first kappa shape index (κ1) is 24.1. The number of hydrogen-bond donors (Lipinski definition) is 1. The van der Waals surface area contributed by atoms with E-state index in [2.05, 4.69) is 24.1 Å². The molecule has 0 radical (unpaired) electrons. The highest BCUT2D eigenvalue weighted by Gasteiger charge is 2.32. The number of rotatable bonds is 7. The van der Waals surface area contributed by atoms with Crippen LogP contribution in [0.5, 0.6) is 0 Å². The summed E-state index contributed by atoms with van der Waals surface area (Å²) in [6.45, 7) is 12.5. The molecule has 2 unspecified atom stereocenters. The predicted molar refractivity (Wildman–Crippen MR) is 134 cm³/mol. The van der Waals surface area contributed by atoms with Crippen LogP contribution in [0, 0.1) is 18.8 Å². The van der Waals surface area contributed by atoms with E-state index in [9.17, 15) is 9.59 Å². The third-order valence-electron chi connectivity index (χ3n) is 7.73. The number of amides is 2. The summed E-state index contributed by atoms with van der Waals surface area (Å²) in [6, 6.07) is 0. The molecule has 0 spiro atoms. The monoisotopic (exact) mass is 481 g/mol. The van der Waals surface area contributed by atoms with Crippen molar-refractivity contribution in [3.63, 3.8) is 0 Å². The third kappa shape index (κ3) is 5.17. The highest BCUT2D eigenvalue weighted by atomic mass is 16.4. The van der Waals surface area contributed by atoms with E-state index in [4.69, 9.17) is 9.52 Å². The Balaban J connectivity index is 1.17. The summed E-state index contributed by atoms with van der Waals surface area (Å²) in [7, 11) is 0. The molecule has 1 N–H and O–H groups in total. The van der Waals surface area contributed by atoms with Gasteiger partial charge in [-0.2, -0.15) is 5.10 Å². The van der Waals surface area contributed by atoms with Gasteiger partial charge in [0.2, 0.25) is 5.91 Å². The molecule has 2 saturated heterocycles. The lowest BCUT2D eigenvalue weighted by Gasteiger charge is -2.34. The van der Waals surface area contributed by atoms with Crippen LogP contribution in [-0.2, 0) is 24.2 Å². The molecule has 0 aromatic carbocycles. The van der Waals surface area contributed by atoms with E-state index in [-0.39, 0.29) is 18.4 Å². The van der Waals surface area contributed by atoms with Crippen molar-refractivity contribution in [1.82, 2.24) is 24.9 Å². The Kier molecular flexibility index (Phi) is 7.00. The van der Waals surface area contributed by atoms with Crippen LogP contribution in [0.25, 0.3) is 11.3 Å². The fourth-order valence-electron chi connectivity index (χ4n) is 6.22. The molecule has 4 heterocycles. The van der Waals surface area contributed by atoms with Crippen LogP contribution in [0.1, 0.15) is 67.0 Å². The van der Waals surface area contributed by atoms with Gasteiger partial charge in [0, 0.05) is 56.5 Å². The second-order valence-electron chi connectivity index (χ2n) is 11.0. The van der Waals surface area contributed by atoms with Crippen LogP contribution in [0.3, 0.4) is 0 Å². The number of aryl methyl sites for hydroxylation is 2. The standard InChI is InChI=1S/C27H39N5O3/c1-18-13-19(2)15-30(14-18)10-6-9-28-23(33)17-32-16-21-7-8-22-24(25(21)29-32)20(3)26(35-22)27(34)31-11-4-5-12-31/h16,18-19H,4-15,17H2,1-3H3,(H,28,33). The quantitative estimate of drug-likeness (QED) is 0.614. The minimum absolute atomic E-state index is 0.0109. The number of furan rings is 1. The largest absolute Gasteiger partial charge is 0.455 e. The van der Waals surface area contributed by atoms with Gasteiger partial charge in [-0.1, -0.05) is 13.8 Å². The molecule has 2 aromatic heterocycles. The molecule has 8 nitrogen and oxygen atoms in total. The van der Waals surface area contributed by atoms with E-state index >= 15 is 0 Å². The fourth-order valence-corrected chi connectivity index (χ4v) is 6.22. The van der Waals surface area contributed by atoms with Gasteiger partial charge in [-0.05, 0) is 63.0 Å². The number of carbonyl (C=O) groups excluding carboxylic acids is 2. The zero-order chi connectivity index (χ0) is 24.5. The van der Waals surface area contributed by atoms with Gasteiger partial charge in [0.1, 0.15) is 12.3 Å². The highest BCUT2D eigenvalue weighted by Crippen LogP contribution is 2.38. The first-order valence-electron chi connectivity index (χ1n) is 13.4. The lowest BCUT2D eigenvalue weighted by Crippen LogP contribution is -2.40. The summed E-state index contributed by atoms with van der Waals surface area (Å²) in [4.78, 5) is 29.9. The molecule has 2 aromatic rings. The number of carbonyl (C=O) groups is 2. The highest BCUT2D eigenvalue weighted by molar-refractivity contribution is 5.95. The van der Waals surface area contributed by atoms with Crippen molar-refractivity contribution in [3.05, 3.63) is 28.8 Å². The van der Waals surface area contributed by atoms with Gasteiger partial charge in [-0.15, -0.1) is 0 Å². The van der Waals surface area contributed by atoms with E-state index in [0.717, 1.165) is 105 Å². The molecule has 3 aliphatic rings. The molecule has 0 bridgehead atoms. The molecule has 2 amide bonds. The average Bonchev–Trinajstić information content (AvgIpc) is 3.54. The molecule has 2 atom stereocenters. The Morgan fingerprint density at radius 3 is 2.63 bits per heavy atom. The zero-order valence-corrected chi connectivity index (χ0v) is 21.4. The Bertz CT molecular complexity index is 1070. The van der Waals surface area contributed by atoms with E-state index < -0.39 is 0 Å². The number of nitrogens with one attached hydrogen (secondary N) is 1. The molecular formula is C27H39N5O3. The van der Waals surface area contributed by atoms with Crippen LogP contribution in [0.2, 0.25) is 0 Å². The van der Waals surface area contributed by atoms with E-state index in [1.165, 1.54) is 6.42 Å². The third-order valence-corrected chi connectivity index (χ3v) is 7.73. The number of aromatic nitrogens is 2. The lowest BCUT2D eigenvalue weighted by molar-refractivity contribution is -0.121. The fraction of sp³-hybridized carbons (Fsp3) is 0.667. The average molecular weight is 482 g/mol. The van der Waals surface area contributed by atoms with E-state index in [1.54, 1.807) is 4.68 Å². The second kappa shape index (κ2) is 10.2. The van der Waals surface area contributed by atoms with Gasteiger partial charge in [0.05, 0.1) is 5.69 Å². The first-order chi connectivity index (χ1) is 16.9. The SMILES string of the molecule is Cc1c(C(=O)N2CCCC2)oc2c1-c1nn(CC(=O)NCCCN3CC(C)CC(C)C3)cc1CC2. The summed E-state index contributed by atoms with van der Waals surface area (Å²) in [6.07, 6.45) is 7.92. The van der Waals surface area contributed by atoms with Crippen LogP contribution < -0.4 is 5.32 Å². The van der Waals surface area contributed by atoms with Crippen molar-refractivity contribution in [3.8, 4) is 11.3 Å². The number of fused-ring (bicyclic) bond motifs is 3. The molecule has 190 valence electrons. The Hall–Kier alpha value is -2.61. The van der Waals surface area contributed by atoms with E-state index in [0.29, 0.717) is 12.3 Å². The van der Waals surface area contributed by atoms with Crippen LogP contribution in [0.4, 0.5) is 0 Å². The molecule has 2 aliphatic heterocycles. The Morgan fingerprint density at radius 2 is 1.89 bits per heavy atom. The van der Waals surface area contributed by atoms with Crippen LogP contribution in [0.15, 0.2) is 10.6 Å². The molecule has 2 fully saturated rings. The lowest BCUT2D eigenvalue weighted by atomic mass is 9.92. The van der Waals surface area contributed by atoms with Gasteiger partial charge in [-0.3, -0.25) is 14.3 Å². The van der Waals surface area contributed by atoms with Crippen molar-refractivity contribution in [2.24, 2.45) is 11.8 Å². The molecule has 1 aliphatic carbocycles. The Morgan fingerprint density at radius 1 is 1.14 bits per heavy atom. The smallest absolute Gasteiger partial charge is 0.289 e. The normalized spacial score (nSPS) is 22.2. The summed E-state index contributed by atoms with van der Waals surface area (Å²) in [5.74, 6) is 2.78. The first-order valence-corrected chi connectivity index (χ1v) is 13.4. The van der Waals surface area contributed by atoms with Crippen molar-refractivity contribution < 1.29 is 14.0 Å². The van der Waals surface area contributed by atoms with Gasteiger partial charge >= 0.3 is 0 Å². The molecule has 35 heavy (non-hydrogen) atoms. The number of piperidine rings is 1. The van der Waals surface area contributed by atoms with Gasteiger partial charge in [-0.25, -0.2) is 0 Å². The molecule has 8 heteroatoms. The van der Waals surface area contributed by atoms with Gasteiger partial charge in [0.25, 0.3) is 5.91 Å². The summed E-state index contributed by atoms with van der Waals surface area (Å²) >= 11 is 0. The van der Waals surface area contributed by atoms with Gasteiger partial charge in [0.15, 0.2) is 5.76 Å². The number of likely N-dealkylation sites (tertiary alicyclic amines) is 2. The number of hydrogen-bond acceptors (Lipinski definition) is 5. The minimum Gasteiger partial charge on any atom is -0.455 e. The predicted octanol–water partition coefficient (Wildman–Crippen LogP) is 3.27. The second-order valence-corrected chi connectivity index (χ2v) is 11.0. The summed E-state index contributed by atoms with van der Waals surface area (Å²) in [5.41, 5.74) is 3.78. The number of nitrogens with zero attached hydrogens (tertiary/aromatic N) is 4. The summed E-state index contributed by atoms with van der Waals surface area (Å²) in [5, 5.41) is 7.80. The summed E-state index contributed by atoms with van der Waals surface area (Å²) < 4.78 is 7.80. The van der Waals surface area contributed by atoms with Crippen molar-refractivity contribution in [1.29, 1.82) is 0 Å². The minimum atomic E-state index is -0.0146. The molecular weight excluding hydrogens is 442 g/mol.